The average Bonchev–Trinajstić information content (AvgIpc) is 2.69. The van der Waals surface area contributed by atoms with E-state index in [9.17, 15) is 14.9 Å². The summed E-state index contributed by atoms with van der Waals surface area (Å²) in [6.45, 7) is 7.58. The van der Waals surface area contributed by atoms with E-state index < -0.39 is 10.5 Å². The van der Waals surface area contributed by atoms with Crippen LogP contribution in [0.3, 0.4) is 0 Å². The highest BCUT2D eigenvalue weighted by Gasteiger charge is 2.22. The summed E-state index contributed by atoms with van der Waals surface area (Å²) in [6, 6.07) is 1.24. The highest BCUT2D eigenvalue weighted by Crippen LogP contribution is 2.20. The molecule has 1 amide bonds. The Bertz CT molecular complexity index is 486. The van der Waals surface area contributed by atoms with Gasteiger partial charge in [-0.25, -0.2) is 0 Å². The minimum absolute atomic E-state index is 0.0414. The molecule has 0 aliphatic rings. The maximum atomic E-state index is 12.0. The average molecular weight is 268 g/mol. The zero-order valence-corrected chi connectivity index (χ0v) is 11.6. The van der Waals surface area contributed by atoms with Gasteiger partial charge in [0.2, 0.25) is 0 Å². The van der Waals surface area contributed by atoms with Gasteiger partial charge in [-0.3, -0.25) is 14.9 Å². The Labute approximate surface area is 111 Å². The van der Waals surface area contributed by atoms with Crippen LogP contribution in [0.2, 0.25) is 0 Å². The molecule has 0 fully saturated rings. The lowest BCUT2D eigenvalue weighted by Gasteiger charge is -2.19. The van der Waals surface area contributed by atoms with E-state index in [2.05, 4.69) is 5.32 Å². The quantitative estimate of drug-likeness (QED) is 0.623. The second-order valence-corrected chi connectivity index (χ2v) is 5.51. The zero-order chi connectivity index (χ0) is 14.8. The Morgan fingerprint density at radius 3 is 2.58 bits per heavy atom. The van der Waals surface area contributed by atoms with Crippen molar-refractivity contribution in [2.45, 2.75) is 39.3 Å². The highest BCUT2D eigenvalue weighted by molar-refractivity contribution is 5.93. The predicted octanol–water partition coefficient (Wildman–Crippen LogP) is 1.44. The summed E-state index contributed by atoms with van der Waals surface area (Å²) in [5, 5.41) is 13.4. The van der Waals surface area contributed by atoms with Gasteiger partial charge in [0.1, 0.15) is 5.69 Å². The molecule has 1 aromatic heterocycles. The number of nitrogens with one attached hydrogen (secondary N) is 1. The van der Waals surface area contributed by atoms with E-state index in [4.69, 9.17) is 5.73 Å². The van der Waals surface area contributed by atoms with Gasteiger partial charge in [-0.1, -0.05) is 0 Å². The number of rotatable bonds is 5. The fourth-order valence-corrected chi connectivity index (χ4v) is 1.57. The van der Waals surface area contributed by atoms with Gasteiger partial charge in [0, 0.05) is 24.2 Å². The minimum atomic E-state index is -0.531. The largest absolute Gasteiger partial charge is 0.349 e. The summed E-state index contributed by atoms with van der Waals surface area (Å²) in [6.07, 6.45) is 1.37. The van der Waals surface area contributed by atoms with E-state index >= 15 is 0 Å². The molecule has 1 heterocycles. The van der Waals surface area contributed by atoms with Crippen LogP contribution in [0, 0.1) is 10.1 Å². The van der Waals surface area contributed by atoms with Crippen molar-refractivity contribution in [3.05, 3.63) is 28.1 Å². The fraction of sp³-hybridized carbons (Fsp3) is 0.583. The monoisotopic (exact) mass is 268 g/mol. The summed E-state index contributed by atoms with van der Waals surface area (Å²) >= 11 is 0. The SMILES string of the molecule is CC(C)n1cc([N+](=O)[O-])cc1C(=O)NCC(C)(C)N. The Morgan fingerprint density at radius 1 is 1.58 bits per heavy atom. The Morgan fingerprint density at radius 2 is 2.16 bits per heavy atom. The number of hydrogen-bond donors (Lipinski definition) is 2. The third-order valence-corrected chi connectivity index (χ3v) is 2.54. The van der Waals surface area contributed by atoms with Crippen LogP contribution in [0.1, 0.15) is 44.2 Å². The molecule has 0 saturated heterocycles. The molecular weight excluding hydrogens is 248 g/mol. The van der Waals surface area contributed by atoms with Gasteiger partial charge in [0.05, 0.1) is 11.1 Å². The molecule has 3 N–H and O–H groups in total. The van der Waals surface area contributed by atoms with Crippen molar-refractivity contribution in [2.24, 2.45) is 5.73 Å². The van der Waals surface area contributed by atoms with Crippen LogP contribution in [0.25, 0.3) is 0 Å². The molecule has 0 saturated carbocycles. The van der Waals surface area contributed by atoms with E-state index in [1.165, 1.54) is 12.3 Å². The second-order valence-electron chi connectivity index (χ2n) is 5.51. The van der Waals surface area contributed by atoms with Crippen molar-refractivity contribution in [3.8, 4) is 0 Å². The van der Waals surface area contributed by atoms with Crippen LogP contribution < -0.4 is 11.1 Å². The summed E-state index contributed by atoms with van der Waals surface area (Å²) < 4.78 is 1.58. The Kier molecular flexibility index (Phi) is 4.31. The Balaban J connectivity index is 2.98. The van der Waals surface area contributed by atoms with Crippen molar-refractivity contribution in [1.29, 1.82) is 0 Å². The molecule has 0 aliphatic heterocycles. The van der Waals surface area contributed by atoms with Crippen LogP contribution in [-0.4, -0.2) is 27.5 Å². The standard InChI is InChI=1S/C12H20N4O3/c1-8(2)15-6-9(16(18)19)5-10(15)11(17)14-7-12(3,4)13/h5-6,8H,7,13H2,1-4H3,(H,14,17). The summed E-state index contributed by atoms with van der Waals surface area (Å²) in [7, 11) is 0. The number of carbonyl (C=O) groups is 1. The zero-order valence-electron chi connectivity index (χ0n) is 11.6. The van der Waals surface area contributed by atoms with Gasteiger partial charge in [-0.05, 0) is 27.7 Å². The first kappa shape index (κ1) is 15.2. The van der Waals surface area contributed by atoms with E-state index in [0.717, 1.165) is 0 Å². The van der Waals surface area contributed by atoms with Crippen molar-refractivity contribution in [2.75, 3.05) is 6.54 Å². The van der Waals surface area contributed by atoms with Crippen LogP contribution in [0.5, 0.6) is 0 Å². The topological polar surface area (TPSA) is 103 Å². The molecule has 1 rings (SSSR count). The molecule has 0 aliphatic carbocycles. The molecule has 106 valence electrons. The third-order valence-electron chi connectivity index (χ3n) is 2.54. The van der Waals surface area contributed by atoms with Crippen LogP contribution in [-0.2, 0) is 0 Å². The molecule has 0 radical (unpaired) electrons. The van der Waals surface area contributed by atoms with Crippen LogP contribution in [0.15, 0.2) is 12.3 Å². The molecule has 7 nitrogen and oxygen atoms in total. The molecule has 0 aromatic carbocycles. The van der Waals surface area contributed by atoms with E-state index in [0.29, 0.717) is 6.54 Å². The molecule has 0 bridgehead atoms. The van der Waals surface area contributed by atoms with Gasteiger partial charge >= 0.3 is 0 Å². The molecule has 0 atom stereocenters. The first-order valence-corrected chi connectivity index (χ1v) is 6.05. The molecule has 19 heavy (non-hydrogen) atoms. The predicted molar refractivity (Wildman–Crippen MR) is 72.1 cm³/mol. The summed E-state index contributed by atoms with van der Waals surface area (Å²) in [5.41, 5.74) is 5.43. The normalized spacial score (nSPS) is 11.7. The number of nitro groups is 1. The van der Waals surface area contributed by atoms with Gasteiger partial charge in [-0.2, -0.15) is 0 Å². The number of nitrogens with two attached hydrogens (primary N) is 1. The van der Waals surface area contributed by atoms with Gasteiger partial charge in [-0.15, -0.1) is 0 Å². The molecule has 7 heteroatoms. The number of carbonyl (C=O) groups excluding carboxylic acids is 1. The summed E-state index contributed by atoms with van der Waals surface area (Å²) in [5.74, 6) is -0.361. The van der Waals surface area contributed by atoms with Crippen molar-refractivity contribution < 1.29 is 9.72 Å². The third kappa shape index (κ3) is 4.06. The first-order valence-electron chi connectivity index (χ1n) is 6.05. The molecule has 0 unspecified atom stereocenters. The lowest BCUT2D eigenvalue weighted by molar-refractivity contribution is -0.384. The van der Waals surface area contributed by atoms with Crippen molar-refractivity contribution in [3.63, 3.8) is 0 Å². The van der Waals surface area contributed by atoms with Crippen LogP contribution in [0.4, 0.5) is 5.69 Å². The molecule has 1 aromatic rings. The van der Waals surface area contributed by atoms with Gasteiger partial charge in [0.15, 0.2) is 0 Å². The van der Waals surface area contributed by atoms with Gasteiger partial charge < -0.3 is 15.6 Å². The maximum Gasteiger partial charge on any atom is 0.287 e. The molecular formula is C12H20N4O3. The first-order chi connectivity index (χ1) is 8.61. The highest BCUT2D eigenvalue weighted by atomic mass is 16.6. The summed E-state index contributed by atoms with van der Waals surface area (Å²) in [4.78, 5) is 22.3. The smallest absolute Gasteiger partial charge is 0.287 e. The van der Waals surface area contributed by atoms with E-state index in [-0.39, 0.29) is 23.3 Å². The lowest BCUT2D eigenvalue weighted by Crippen LogP contribution is -2.45. The van der Waals surface area contributed by atoms with Gasteiger partial charge in [0.25, 0.3) is 11.6 Å². The number of amides is 1. The molecule has 0 spiro atoms. The number of hydrogen-bond acceptors (Lipinski definition) is 4. The van der Waals surface area contributed by atoms with E-state index in [1.54, 1.807) is 18.4 Å². The minimum Gasteiger partial charge on any atom is -0.349 e. The number of aromatic nitrogens is 1. The second kappa shape index (κ2) is 5.40. The van der Waals surface area contributed by atoms with Crippen molar-refractivity contribution >= 4 is 11.6 Å². The number of nitrogens with zero attached hydrogens (tertiary/aromatic N) is 2. The Hall–Kier alpha value is -1.89. The van der Waals surface area contributed by atoms with E-state index in [1.807, 2.05) is 13.8 Å². The van der Waals surface area contributed by atoms with Crippen LogP contribution >= 0.6 is 0 Å². The lowest BCUT2D eigenvalue weighted by atomic mass is 10.1. The van der Waals surface area contributed by atoms with Crippen molar-refractivity contribution in [1.82, 2.24) is 9.88 Å². The fourth-order valence-electron chi connectivity index (χ4n) is 1.57. The maximum absolute atomic E-state index is 12.0.